The molecule has 2 N–H and O–H groups in total. The fraction of sp³-hybridized carbons (Fsp3) is 0.455. The van der Waals surface area contributed by atoms with Crippen molar-refractivity contribution in [3.8, 4) is 5.88 Å². The zero-order valence-electron chi connectivity index (χ0n) is 10.1. The smallest absolute Gasteiger partial charge is 0.405 e. The van der Waals surface area contributed by atoms with Crippen molar-refractivity contribution in [1.29, 1.82) is 0 Å². The molecule has 1 aromatic heterocycles. The zero-order valence-corrected chi connectivity index (χ0v) is 10.1. The van der Waals surface area contributed by atoms with Crippen LogP contribution >= 0.6 is 0 Å². The second-order valence-electron chi connectivity index (χ2n) is 3.91. The summed E-state index contributed by atoms with van der Waals surface area (Å²) in [4.78, 5) is 13.9. The summed E-state index contributed by atoms with van der Waals surface area (Å²) in [5.41, 5.74) is 4.26. The van der Waals surface area contributed by atoms with E-state index in [-0.39, 0.29) is 0 Å². The van der Waals surface area contributed by atoms with Gasteiger partial charge in [-0.1, -0.05) is 6.07 Å². The molecule has 90 valence electrons. The molecule has 0 aliphatic heterocycles. The normalized spacial score (nSPS) is 9.75. The third-order valence-corrected chi connectivity index (χ3v) is 1.25. The SMILES string of the molecule is CC(C)(C)OC(N)=O.COc1ccccn1. The lowest BCUT2D eigenvalue weighted by Gasteiger charge is -2.16. The number of hydrogen-bond donors (Lipinski definition) is 1. The maximum Gasteiger partial charge on any atom is 0.405 e. The van der Waals surface area contributed by atoms with Crippen molar-refractivity contribution in [2.45, 2.75) is 26.4 Å². The minimum absolute atomic E-state index is 0.453. The van der Waals surface area contributed by atoms with E-state index in [1.54, 1.807) is 40.1 Å². The fourth-order valence-electron chi connectivity index (χ4n) is 0.770. The number of carbonyl (C=O) groups is 1. The van der Waals surface area contributed by atoms with Crippen LogP contribution in [-0.4, -0.2) is 23.8 Å². The molecule has 1 aromatic rings. The van der Waals surface area contributed by atoms with E-state index < -0.39 is 11.7 Å². The van der Waals surface area contributed by atoms with Crippen LogP contribution in [0.3, 0.4) is 0 Å². The Bertz CT molecular complexity index is 307. The molecule has 0 atom stereocenters. The van der Waals surface area contributed by atoms with E-state index in [0.29, 0.717) is 5.88 Å². The molecule has 0 aromatic carbocycles. The number of amides is 1. The van der Waals surface area contributed by atoms with Gasteiger partial charge in [0.2, 0.25) is 5.88 Å². The molecule has 1 heterocycles. The van der Waals surface area contributed by atoms with Gasteiger partial charge in [-0.05, 0) is 26.8 Å². The number of rotatable bonds is 1. The van der Waals surface area contributed by atoms with Crippen molar-refractivity contribution in [3.05, 3.63) is 24.4 Å². The first kappa shape index (κ1) is 14.2. The Balaban J connectivity index is 0.000000281. The van der Waals surface area contributed by atoms with Crippen LogP contribution in [0.15, 0.2) is 24.4 Å². The number of aromatic nitrogens is 1. The highest BCUT2D eigenvalue weighted by molar-refractivity contribution is 5.65. The molecular formula is C11H18N2O3. The number of nitrogens with two attached hydrogens (primary N) is 1. The summed E-state index contributed by atoms with van der Waals surface area (Å²) in [6, 6.07) is 5.54. The van der Waals surface area contributed by atoms with E-state index in [1.807, 2.05) is 12.1 Å². The Morgan fingerprint density at radius 1 is 1.38 bits per heavy atom. The molecule has 0 saturated carbocycles. The Kier molecular flexibility index (Phi) is 5.92. The molecule has 0 unspecified atom stereocenters. The molecule has 0 fully saturated rings. The maximum absolute atomic E-state index is 10.0. The summed E-state index contributed by atoms with van der Waals surface area (Å²) < 4.78 is 9.38. The van der Waals surface area contributed by atoms with Gasteiger partial charge in [0.05, 0.1) is 7.11 Å². The van der Waals surface area contributed by atoms with Gasteiger partial charge in [0.1, 0.15) is 5.60 Å². The van der Waals surface area contributed by atoms with E-state index in [9.17, 15) is 4.79 Å². The fourth-order valence-corrected chi connectivity index (χ4v) is 0.770. The van der Waals surface area contributed by atoms with Gasteiger partial charge in [-0.25, -0.2) is 9.78 Å². The van der Waals surface area contributed by atoms with Crippen LogP contribution in [0.25, 0.3) is 0 Å². The highest BCUT2D eigenvalue weighted by atomic mass is 16.6. The van der Waals surface area contributed by atoms with Crippen molar-refractivity contribution in [1.82, 2.24) is 4.98 Å². The number of methoxy groups -OCH3 is 1. The summed E-state index contributed by atoms with van der Waals surface area (Å²) in [5, 5.41) is 0. The number of hydrogen-bond acceptors (Lipinski definition) is 4. The highest BCUT2D eigenvalue weighted by Gasteiger charge is 2.12. The average molecular weight is 226 g/mol. The topological polar surface area (TPSA) is 74.4 Å². The van der Waals surface area contributed by atoms with Crippen molar-refractivity contribution in [2.24, 2.45) is 5.73 Å². The maximum atomic E-state index is 10.0. The first-order chi connectivity index (χ1) is 7.35. The first-order valence-corrected chi connectivity index (χ1v) is 4.78. The lowest BCUT2D eigenvalue weighted by molar-refractivity contribution is 0.0600. The number of carbonyl (C=O) groups excluding carboxylic acids is 1. The summed E-state index contributed by atoms with van der Waals surface area (Å²) in [7, 11) is 1.60. The Labute approximate surface area is 95.6 Å². The van der Waals surface area contributed by atoms with Crippen LogP contribution < -0.4 is 10.5 Å². The van der Waals surface area contributed by atoms with Crippen LogP contribution in [0.4, 0.5) is 4.79 Å². The van der Waals surface area contributed by atoms with Gasteiger partial charge in [-0.15, -0.1) is 0 Å². The molecule has 0 spiro atoms. The Morgan fingerprint density at radius 2 is 2.00 bits per heavy atom. The third-order valence-electron chi connectivity index (χ3n) is 1.25. The molecule has 0 aliphatic carbocycles. The first-order valence-electron chi connectivity index (χ1n) is 4.78. The average Bonchev–Trinajstić information content (AvgIpc) is 2.16. The number of ether oxygens (including phenoxy) is 2. The minimum atomic E-state index is -0.725. The van der Waals surface area contributed by atoms with E-state index in [2.05, 4.69) is 9.72 Å². The lowest BCUT2D eigenvalue weighted by Crippen LogP contribution is -2.27. The van der Waals surface area contributed by atoms with E-state index in [1.165, 1.54) is 0 Å². The van der Waals surface area contributed by atoms with Crippen LogP contribution in [-0.2, 0) is 4.74 Å². The van der Waals surface area contributed by atoms with Gasteiger partial charge >= 0.3 is 6.09 Å². The van der Waals surface area contributed by atoms with Crippen molar-refractivity contribution < 1.29 is 14.3 Å². The highest BCUT2D eigenvalue weighted by Crippen LogP contribution is 2.04. The summed E-state index contributed by atoms with van der Waals surface area (Å²) >= 11 is 0. The van der Waals surface area contributed by atoms with Crippen LogP contribution in [0.2, 0.25) is 0 Å². The summed E-state index contributed by atoms with van der Waals surface area (Å²) in [5.74, 6) is 0.660. The number of primary amides is 1. The van der Waals surface area contributed by atoms with Gasteiger partial charge < -0.3 is 15.2 Å². The standard InChI is InChI=1S/C6H7NO.C5H11NO2/c1-8-6-4-2-3-5-7-6;1-5(2,3)8-4(6)7/h2-5H,1H3;1-3H3,(H2,6,7). The van der Waals surface area contributed by atoms with Gasteiger partial charge in [-0.2, -0.15) is 0 Å². The van der Waals surface area contributed by atoms with Crippen LogP contribution in [0.1, 0.15) is 20.8 Å². The van der Waals surface area contributed by atoms with Crippen molar-refractivity contribution in [2.75, 3.05) is 7.11 Å². The molecule has 0 radical (unpaired) electrons. The van der Waals surface area contributed by atoms with Gasteiger partial charge in [0.25, 0.3) is 0 Å². The largest absolute Gasteiger partial charge is 0.481 e. The molecule has 0 aliphatic rings. The molecule has 5 nitrogen and oxygen atoms in total. The molecule has 1 amide bonds. The predicted octanol–water partition coefficient (Wildman–Crippen LogP) is 1.97. The second kappa shape index (κ2) is 6.66. The van der Waals surface area contributed by atoms with Crippen LogP contribution in [0, 0.1) is 0 Å². The second-order valence-corrected chi connectivity index (χ2v) is 3.91. The monoisotopic (exact) mass is 226 g/mol. The molecule has 0 saturated heterocycles. The third kappa shape index (κ3) is 8.80. The number of pyridine rings is 1. The van der Waals surface area contributed by atoms with Crippen molar-refractivity contribution in [3.63, 3.8) is 0 Å². The molecular weight excluding hydrogens is 208 g/mol. The van der Waals surface area contributed by atoms with E-state index in [4.69, 9.17) is 10.5 Å². The molecule has 0 bridgehead atoms. The molecule has 1 rings (SSSR count). The van der Waals surface area contributed by atoms with Gasteiger partial charge in [-0.3, -0.25) is 0 Å². The Hall–Kier alpha value is -1.78. The molecule has 5 heteroatoms. The van der Waals surface area contributed by atoms with Gasteiger partial charge in [0.15, 0.2) is 0 Å². The van der Waals surface area contributed by atoms with E-state index >= 15 is 0 Å². The summed E-state index contributed by atoms with van der Waals surface area (Å²) in [6.45, 7) is 5.28. The lowest BCUT2D eigenvalue weighted by atomic mass is 10.2. The number of nitrogens with zero attached hydrogens (tertiary/aromatic N) is 1. The minimum Gasteiger partial charge on any atom is -0.481 e. The zero-order chi connectivity index (χ0) is 12.6. The molecule has 16 heavy (non-hydrogen) atoms. The summed E-state index contributed by atoms with van der Waals surface area (Å²) in [6.07, 6.45) is 0.969. The Morgan fingerprint density at radius 3 is 2.19 bits per heavy atom. The predicted molar refractivity (Wildman–Crippen MR) is 61.2 cm³/mol. The van der Waals surface area contributed by atoms with Crippen LogP contribution in [0.5, 0.6) is 5.88 Å². The van der Waals surface area contributed by atoms with E-state index in [0.717, 1.165) is 0 Å². The quantitative estimate of drug-likeness (QED) is 0.794. The van der Waals surface area contributed by atoms with Gasteiger partial charge in [0, 0.05) is 12.3 Å². The van der Waals surface area contributed by atoms with Crippen molar-refractivity contribution >= 4 is 6.09 Å².